The Hall–Kier alpha value is -1.55. The van der Waals surface area contributed by atoms with Gasteiger partial charge in [0.2, 0.25) is 0 Å². The van der Waals surface area contributed by atoms with Gasteiger partial charge in [-0.3, -0.25) is 4.79 Å². The zero-order chi connectivity index (χ0) is 16.1. The number of hydrogen-bond acceptors (Lipinski definition) is 4. The van der Waals surface area contributed by atoms with Gasteiger partial charge < -0.3 is 14.2 Å². The molecule has 2 fully saturated rings. The third-order valence-corrected chi connectivity index (χ3v) is 4.73. The van der Waals surface area contributed by atoms with Crippen LogP contribution < -0.4 is 4.74 Å². The van der Waals surface area contributed by atoms with Crippen molar-refractivity contribution in [3.05, 3.63) is 29.8 Å². The summed E-state index contributed by atoms with van der Waals surface area (Å²) in [7, 11) is 0. The first kappa shape index (κ1) is 16.3. The van der Waals surface area contributed by atoms with Crippen LogP contribution >= 0.6 is 0 Å². The maximum Gasteiger partial charge on any atom is 0.302 e. The Bertz CT molecular complexity index is 505. The predicted molar refractivity (Wildman–Crippen MR) is 87.4 cm³/mol. The van der Waals surface area contributed by atoms with Gasteiger partial charge in [-0.15, -0.1) is 0 Å². The lowest BCUT2D eigenvalue weighted by atomic mass is 9.81. The lowest BCUT2D eigenvalue weighted by Crippen LogP contribution is -2.28. The summed E-state index contributed by atoms with van der Waals surface area (Å²) in [6, 6.07) is 8.22. The zero-order valence-corrected chi connectivity index (χ0v) is 13.8. The summed E-state index contributed by atoms with van der Waals surface area (Å²) in [6.45, 7) is 2.28. The van der Waals surface area contributed by atoms with E-state index in [2.05, 4.69) is 12.1 Å². The van der Waals surface area contributed by atoms with E-state index >= 15 is 0 Å². The molecule has 1 heterocycles. The molecule has 0 radical (unpaired) electrons. The molecule has 0 aromatic heterocycles. The van der Waals surface area contributed by atoms with Crippen molar-refractivity contribution >= 4 is 5.97 Å². The molecule has 3 atom stereocenters. The van der Waals surface area contributed by atoms with Gasteiger partial charge >= 0.3 is 5.97 Å². The molecule has 0 amide bonds. The van der Waals surface area contributed by atoms with Crippen LogP contribution in [0, 0.1) is 0 Å². The van der Waals surface area contributed by atoms with Gasteiger partial charge in [0.25, 0.3) is 0 Å². The second-order valence-corrected chi connectivity index (χ2v) is 6.52. The number of benzene rings is 1. The zero-order valence-electron chi connectivity index (χ0n) is 13.8. The van der Waals surface area contributed by atoms with Crippen molar-refractivity contribution in [1.29, 1.82) is 0 Å². The molecule has 3 rings (SSSR count). The normalized spacial score (nSPS) is 28.1. The van der Waals surface area contributed by atoms with Gasteiger partial charge in [-0.25, -0.2) is 0 Å². The SMILES string of the molecule is CC(=O)O[C@@H]1CCCC[C@H]1c1ccc(OC2CCCCO2)cc1. The Kier molecular flexibility index (Phi) is 5.55. The van der Waals surface area contributed by atoms with E-state index in [0.717, 1.165) is 50.9 Å². The van der Waals surface area contributed by atoms with Crippen molar-refractivity contribution in [2.75, 3.05) is 6.61 Å². The van der Waals surface area contributed by atoms with Crippen LogP contribution in [0.5, 0.6) is 5.75 Å². The van der Waals surface area contributed by atoms with Crippen LogP contribution in [-0.2, 0) is 14.3 Å². The molecule has 1 saturated carbocycles. The number of carbonyl (C=O) groups is 1. The highest BCUT2D eigenvalue weighted by Crippen LogP contribution is 2.36. The van der Waals surface area contributed by atoms with Crippen LogP contribution in [0.25, 0.3) is 0 Å². The number of carbonyl (C=O) groups excluding carboxylic acids is 1. The Morgan fingerprint density at radius 1 is 1.04 bits per heavy atom. The van der Waals surface area contributed by atoms with Crippen molar-refractivity contribution in [1.82, 2.24) is 0 Å². The molecule has 0 spiro atoms. The summed E-state index contributed by atoms with van der Waals surface area (Å²) >= 11 is 0. The number of ether oxygens (including phenoxy) is 3. The minimum atomic E-state index is -0.184. The largest absolute Gasteiger partial charge is 0.465 e. The molecule has 1 aromatic rings. The monoisotopic (exact) mass is 318 g/mol. The van der Waals surface area contributed by atoms with E-state index in [1.165, 1.54) is 18.9 Å². The van der Waals surface area contributed by atoms with Crippen LogP contribution in [0.3, 0.4) is 0 Å². The summed E-state index contributed by atoms with van der Waals surface area (Å²) < 4.78 is 17.0. The fourth-order valence-corrected chi connectivity index (χ4v) is 3.58. The minimum absolute atomic E-state index is 0.00898. The Morgan fingerprint density at radius 3 is 2.48 bits per heavy atom. The van der Waals surface area contributed by atoms with E-state index in [0.29, 0.717) is 5.92 Å². The molecule has 4 heteroatoms. The molecular formula is C19H26O4. The van der Waals surface area contributed by atoms with Gasteiger partial charge in [0.05, 0.1) is 6.61 Å². The molecule has 1 aromatic carbocycles. The topological polar surface area (TPSA) is 44.8 Å². The van der Waals surface area contributed by atoms with Crippen molar-refractivity contribution in [2.45, 2.75) is 70.2 Å². The summed E-state index contributed by atoms with van der Waals surface area (Å²) in [5, 5.41) is 0. The molecule has 0 bridgehead atoms. The summed E-state index contributed by atoms with van der Waals surface area (Å²) in [5.74, 6) is 0.962. The maximum absolute atomic E-state index is 11.3. The van der Waals surface area contributed by atoms with Crippen molar-refractivity contribution in [2.24, 2.45) is 0 Å². The first-order valence-corrected chi connectivity index (χ1v) is 8.78. The van der Waals surface area contributed by atoms with Crippen molar-refractivity contribution in [3.8, 4) is 5.75 Å². The average molecular weight is 318 g/mol. The summed E-state index contributed by atoms with van der Waals surface area (Å²) in [4.78, 5) is 11.3. The van der Waals surface area contributed by atoms with Crippen LogP contribution in [0.15, 0.2) is 24.3 Å². The highest BCUT2D eigenvalue weighted by atomic mass is 16.7. The maximum atomic E-state index is 11.3. The van der Waals surface area contributed by atoms with E-state index in [9.17, 15) is 4.79 Å². The Balaban J connectivity index is 1.63. The van der Waals surface area contributed by atoms with Gasteiger partial charge in [0, 0.05) is 19.3 Å². The molecule has 1 aliphatic heterocycles. The molecular weight excluding hydrogens is 292 g/mol. The lowest BCUT2D eigenvalue weighted by Gasteiger charge is -2.31. The fourth-order valence-electron chi connectivity index (χ4n) is 3.58. The van der Waals surface area contributed by atoms with E-state index in [1.54, 1.807) is 0 Å². The van der Waals surface area contributed by atoms with Gasteiger partial charge in [0.15, 0.2) is 6.29 Å². The van der Waals surface area contributed by atoms with Gasteiger partial charge in [-0.05, 0) is 49.8 Å². The second kappa shape index (κ2) is 7.82. The van der Waals surface area contributed by atoms with E-state index in [-0.39, 0.29) is 18.4 Å². The summed E-state index contributed by atoms with van der Waals surface area (Å²) in [5.41, 5.74) is 1.23. The third kappa shape index (κ3) is 4.47. The van der Waals surface area contributed by atoms with Gasteiger partial charge in [-0.1, -0.05) is 18.6 Å². The Morgan fingerprint density at radius 2 is 1.78 bits per heavy atom. The number of rotatable bonds is 4. The summed E-state index contributed by atoms with van der Waals surface area (Å²) in [6.07, 6.45) is 7.49. The van der Waals surface area contributed by atoms with Crippen LogP contribution in [0.1, 0.15) is 63.4 Å². The van der Waals surface area contributed by atoms with Gasteiger partial charge in [0.1, 0.15) is 11.9 Å². The first-order valence-electron chi connectivity index (χ1n) is 8.78. The predicted octanol–water partition coefficient (Wildman–Crippen LogP) is 4.18. The van der Waals surface area contributed by atoms with Crippen LogP contribution in [0.2, 0.25) is 0 Å². The standard InChI is InChI=1S/C19H26O4/c1-14(20)22-18-7-3-2-6-17(18)15-9-11-16(12-10-15)23-19-8-4-5-13-21-19/h9-12,17-19H,2-8,13H2,1H3/t17-,18+,19?/m0/s1. The first-order chi connectivity index (χ1) is 11.2. The highest BCUT2D eigenvalue weighted by molar-refractivity contribution is 5.66. The average Bonchev–Trinajstić information content (AvgIpc) is 2.57. The van der Waals surface area contributed by atoms with E-state index in [4.69, 9.17) is 14.2 Å². The molecule has 4 nitrogen and oxygen atoms in total. The van der Waals surface area contributed by atoms with Crippen LogP contribution in [-0.4, -0.2) is 25.0 Å². The quantitative estimate of drug-likeness (QED) is 0.781. The van der Waals surface area contributed by atoms with Crippen molar-refractivity contribution in [3.63, 3.8) is 0 Å². The van der Waals surface area contributed by atoms with E-state index in [1.807, 2.05) is 12.1 Å². The molecule has 1 unspecified atom stereocenters. The third-order valence-electron chi connectivity index (χ3n) is 4.73. The molecule has 2 aliphatic rings. The van der Waals surface area contributed by atoms with Crippen molar-refractivity contribution < 1.29 is 19.0 Å². The molecule has 1 aliphatic carbocycles. The molecule has 23 heavy (non-hydrogen) atoms. The highest BCUT2D eigenvalue weighted by Gasteiger charge is 2.29. The van der Waals surface area contributed by atoms with Crippen LogP contribution in [0.4, 0.5) is 0 Å². The van der Waals surface area contributed by atoms with Gasteiger partial charge in [-0.2, -0.15) is 0 Å². The fraction of sp³-hybridized carbons (Fsp3) is 0.632. The number of esters is 1. The molecule has 1 saturated heterocycles. The smallest absolute Gasteiger partial charge is 0.302 e. The second-order valence-electron chi connectivity index (χ2n) is 6.52. The minimum Gasteiger partial charge on any atom is -0.465 e. The molecule has 0 N–H and O–H groups in total. The number of hydrogen-bond donors (Lipinski definition) is 0. The lowest BCUT2D eigenvalue weighted by molar-refractivity contribution is -0.148. The Labute approximate surface area is 138 Å². The molecule has 126 valence electrons. The van der Waals surface area contributed by atoms with E-state index < -0.39 is 0 Å².